The van der Waals surface area contributed by atoms with E-state index in [4.69, 9.17) is 10.2 Å². The molecule has 0 amide bonds. The molecule has 4 N–H and O–H groups in total. The second-order valence-corrected chi connectivity index (χ2v) is 2.69. The summed E-state index contributed by atoms with van der Waals surface area (Å²) in [7, 11) is 1.70. The predicted octanol–water partition coefficient (Wildman–Crippen LogP) is 0.832. The van der Waals surface area contributed by atoms with Crippen molar-refractivity contribution < 1.29 is 4.42 Å². The van der Waals surface area contributed by atoms with Crippen LogP contribution < -0.4 is 16.4 Å². The van der Waals surface area contributed by atoms with Gasteiger partial charge in [0.25, 0.3) is 0 Å². The number of rotatable bonds is 3. The number of nitrogens with one attached hydrogen (secondary N) is 2. The van der Waals surface area contributed by atoms with Gasteiger partial charge in [-0.3, -0.25) is 5.32 Å². The van der Waals surface area contributed by atoms with Crippen molar-refractivity contribution in [3.63, 3.8) is 0 Å². The molecule has 0 saturated carbocycles. The van der Waals surface area contributed by atoms with Crippen molar-refractivity contribution in [2.45, 2.75) is 0 Å². The SMILES string of the molecule is CNc1nc(N)nc(Nc2ccco2)n1. The van der Waals surface area contributed by atoms with Crippen LogP contribution in [0.1, 0.15) is 0 Å². The van der Waals surface area contributed by atoms with Crippen molar-refractivity contribution in [3.8, 4) is 0 Å². The van der Waals surface area contributed by atoms with E-state index in [-0.39, 0.29) is 5.95 Å². The summed E-state index contributed by atoms with van der Waals surface area (Å²) < 4.78 is 5.08. The molecule has 2 aromatic heterocycles. The highest BCUT2D eigenvalue weighted by molar-refractivity contribution is 5.48. The molecule has 0 fully saturated rings. The van der Waals surface area contributed by atoms with E-state index in [2.05, 4.69) is 25.6 Å². The molecule has 0 aliphatic carbocycles. The van der Waals surface area contributed by atoms with Gasteiger partial charge in [-0.1, -0.05) is 0 Å². The number of nitrogen functional groups attached to an aromatic ring is 1. The third-order valence-corrected chi connectivity index (χ3v) is 1.63. The average Bonchev–Trinajstić information content (AvgIpc) is 2.69. The molecule has 0 bridgehead atoms. The number of aromatic nitrogens is 3. The lowest BCUT2D eigenvalue weighted by molar-refractivity contribution is 0.584. The van der Waals surface area contributed by atoms with Crippen LogP contribution in [0.4, 0.5) is 23.7 Å². The molecular formula is C8H10N6O. The van der Waals surface area contributed by atoms with E-state index in [0.717, 1.165) is 0 Å². The van der Waals surface area contributed by atoms with Gasteiger partial charge < -0.3 is 15.5 Å². The van der Waals surface area contributed by atoms with E-state index in [1.165, 1.54) is 0 Å². The van der Waals surface area contributed by atoms with E-state index in [9.17, 15) is 0 Å². The molecule has 0 aliphatic rings. The molecule has 0 aliphatic heterocycles. The highest BCUT2D eigenvalue weighted by Crippen LogP contribution is 2.14. The largest absolute Gasteiger partial charge is 0.449 e. The minimum Gasteiger partial charge on any atom is -0.449 e. The minimum atomic E-state index is 0.142. The van der Waals surface area contributed by atoms with Crippen LogP contribution in [0.2, 0.25) is 0 Å². The molecule has 2 rings (SSSR count). The standard InChI is InChI=1S/C8H10N6O/c1-10-7-12-6(9)13-8(14-7)11-5-3-2-4-15-5/h2-4H,1H3,(H4,9,10,11,12,13,14). The Morgan fingerprint density at radius 2 is 2.07 bits per heavy atom. The van der Waals surface area contributed by atoms with Crippen LogP contribution in [0.15, 0.2) is 22.8 Å². The summed E-state index contributed by atoms with van der Waals surface area (Å²) in [6.45, 7) is 0. The number of nitrogens with zero attached hydrogens (tertiary/aromatic N) is 3. The van der Waals surface area contributed by atoms with Crippen molar-refractivity contribution in [2.24, 2.45) is 0 Å². The highest BCUT2D eigenvalue weighted by Gasteiger charge is 2.04. The highest BCUT2D eigenvalue weighted by atomic mass is 16.3. The third kappa shape index (κ3) is 2.13. The fourth-order valence-corrected chi connectivity index (χ4v) is 1.02. The lowest BCUT2D eigenvalue weighted by atomic mass is 10.6. The van der Waals surface area contributed by atoms with E-state index in [1.54, 1.807) is 25.4 Å². The van der Waals surface area contributed by atoms with Crippen LogP contribution in [-0.4, -0.2) is 22.0 Å². The topological polar surface area (TPSA) is 102 Å². The Bertz CT molecular complexity index is 440. The molecule has 0 radical (unpaired) electrons. The summed E-state index contributed by atoms with van der Waals surface area (Å²) >= 11 is 0. The van der Waals surface area contributed by atoms with E-state index < -0.39 is 0 Å². The molecular weight excluding hydrogens is 196 g/mol. The van der Waals surface area contributed by atoms with Gasteiger partial charge in [0.1, 0.15) is 0 Å². The molecule has 2 aromatic rings. The summed E-state index contributed by atoms with van der Waals surface area (Å²) in [5, 5.41) is 5.63. The second kappa shape index (κ2) is 3.82. The van der Waals surface area contributed by atoms with Crippen molar-refractivity contribution in [2.75, 3.05) is 23.4 Å². The van der Waals surface area contributed by atoms with Crippen molar-refractivity contribution in [1.82, 2.24) is 15.0 Å². The summed E-state index contributed by atoms with van der Waals surface area (Å²) in [6, 6.07) is 3.50. The Kier molecular flexibility index (Phi) is 2.36. The summed E-state index contributed by atoms with van der Waals surface area (Å²) in [6.07, 6.45) is 1.55. The average molecular weight is 206 g/mol. The maximum Gasteiger partial charge on any atom is 0.236 e. The van der Waals surface area contributed by atoms with Crippen LogP contribution >= 0.6 is 0 Å². The van der Waals surface area contributed by atoms with Gasteiger partial charge in [-0.15, -0.1) is 0 Å². The normalized spacial score (nSPS) is 9.93. The number of hydrogen-bond donors (Lipinski definition) is 3. The molecule has 15 heavy (non-hydrogen) atoms. The number of hydrogen-bond acceptors (Lipinski definition) is 7. The van der Waals surface area contributed by atoms with Crippen molar-refractivity contribution >= 4 is 23.7 Å². The number of furan rings is 1. The van der Waals surface area contributed by atoms with Gasteiger partial charge in [0.15, 0.2) is 5.88 Å². The Morgan fingerprint density at radius 1 is 1.27 bits per heavy atom. The first-order chi connectivity index (χ1) is 7.28. The second-order valence-electron chi connectivity index (χ2n) is 2.69. The zero-order chi connectivity index (χ0) is 10.7. The first-order valence-corrected chi connectivity index (χ1v) is 4.28. The Balaban J connectivity index is 2.24. The zero-order valence-electron chi connectivity index (χ0n) is 8.06. The molecule has 7 heteroatoms. The fraction of sp³-hybridized carbons (Fsp3) is 0.125. The summed E-state index contributed by atoms with van der Waals surface area (Å²) in [5.41, 5.74) is 5.49. The molecule has 2 heterocycles. The van der Waals surface area contributed by atoms with Gasteiger partial charge in [-0.05, 0) is 6.07 Å². The van der Waals surface area contributed by atoms with Gasteiger partial charge in [0.2, 0.25) is 17.8 Å². The molecule has 78 valence electrons. The Labute approximate surface area is 85.7 Å². The summed E-state index contributed by atoms with van der Waals surface area (Å²) in [5.74, 6) is 1.42. The number of anilines is 4. The van der Waals surface area contributed by atoms with Crippen molar-refractivity contribution in [3.05, 3.63) is 18.4 Å². The quantitative estimate of drug-likeness (QED) is 0.683. The van der Waals surface area contributed by atoms with Crippen LogP contribution in [-0.2, 0) is 0 Å². The van der Waals surface area contributed by atoms with Crippen LogP contribution in [0, 0.1) is 0 Å². The molecule has 0 spiro atoms. The maximum absolute atomic E-state index is 5.49. The third-order valence-electron chi connectivity index (χ3n) is 1.63. The first kappa shape index (κ1) is 9.25. The van der Waals surface area contributed by atoms with Gasteiger partial charge in [0.05, 0.1) is 6.26 Å². The maximum atomic E-state index is 5.49. The lowest BCUT2D eigenvalue weighted by Gasteiger charge is -2.03. The molecule has 0 unspecified atom stereocenters. The fourth-order valence-electron chi connectivity index (χ4n) is 1.02. The summed E-state index contributed by atoms with van der Waals surface area (Å²) in [4.78, 5) is 11.8. The molecule has 0 atom stereocenters. The lowest BCUT2D eigenvalue weighted by Crippen LogP contribution is -2.06. The zero-order valence-corrected chi connectivity index (χ0v) is 8.06. The molecule has 0 saturated heterocycles. The van der Waals surface area contributed by atoms with Crippen LogP contribution in [0.5, 0.6) is 0 Å². The van der Waals surface area contributed by atoms with Crippen LogP contribution in [0.25, 0.3) is 0 Å². The number of nitrogens with two attached hydrogens (primary N) is 1. The Morgan fingerprint density at radius 3 is 2.73 bits per heavy atom. The van der Waals surface area contributed by atoms with Gasteiger partial charge in [0, 0.05) is 13.1 Å². The monoisotopic (exact) mass is 206 g/mol. The predicted molar refractivity (Wildman–Crippen MR) is 55.8 cm³/mol. The van der Waals surface area contributed by atoms with Crippen LogP contribution in [0.3, 0.4) is 0 Å². The first-order valence-electron chi connectivity index (χ1n) is 4.28. The van der Waals surface area contributed by atoms with Crippen molar-refractivity contribution in [1.29, 1.82) is 0 Å². The Hall–Kier alpha value is -2.31. The minimum absolute atomic E-state index is 0.142. The van der Waals surface area contributed by atoms with E-state index >= 15 is 0 Å². The van der Waals surface area contributed by atoms with Gasteiger partial charge >= 0.3 is 0 Å². The molecule has 0 aromatic carbocycles. The van der Waals surface area contributed by atoms with E-state index in [0.29, 0.717) is 17.8 Å². The van der Waals surface area contributed by atoms with Gasteiger partial charge in [-0.25, -0.2) is 0 Å². The molecule has 7 nitrogen and oxygen atoms in total. The van der Waals surface area contributed by atoms with E-state index in [1.807, 2.05) is 0 Å². The smallest absolute Gasteiger partial charge is 0.236 e. The van der Waals surface area contributed by atoms with Gasteiger partial charge in [-0.2, -0.15) is 15.0 Å².